The first-order chi connectivity index (χ1) is 14.5. The number of aromatic nitrogens is 2. The second kappa shape index (κ2) is 8.08. The minimum absolute atomic E-state index is 0.0429. The van der Waals surface area contributed by atoms with Crippen LogP contribution in [0.15, 0.2) is 48.5 Å². The number of hydrogen-bond acceptors (Lipinski definition) is 8. The van der Waals surface area contributed by atoms with Crippen molar-refractivity contribution in [1.29, 1.82) is 0 Å². The smallest absolute Gasteiger partial charge is 0.267 e. The average molecular weight is 406 g/mol. The molecule has 1 aliphatic heterocycles. The van der Waals surface area contributed by atoms with Crippen LogP contribution in [0, 0.1) is 0 Å². The molecule has 4 rings (SSSR count). The monoisotopic (exact) mass is 406 g/mol. The van der Waals surface area contributed by atoms with Crippen LogP contribution in [0.25, 0.3) is 11.4 Å². The van der Waals surface area contributed by atoms with Gasteiger partial charge in [0.25, 0.3) is 5.91 Å². The molecule has 3 N–H and O–H groups in total. The van der Waals surface area contributed by atoms with E-state index in [1.165, 1.54) is 6.07 Å². The molecule has 2 aromatic carbocycles. The molecular weight excluding hydrogens is 388 g/mol. The van der Waals surface area contributed by atoms with Crippen LogP contribution in [0.2, 0.25) is 0 Å². The number of benzene rings is 2. The van der Waals surface area contributed by atoms with Crippen molar-refractivity contribution in [2.24, 2.45) is 5.73 Å². The zero-order chi connectivity index (χ0) is 21.1. The van der Waals surface area contributed by atoms with Gasteiger partial charge in [0.05, 0.1) is 6.04 Å². The summed E-state index contributed by atoms with van der Waals surface area (Å²) in [7, 11) is 0. The molecule has 0 bridgehead atoms. The Kier molecular flexibility index (Phi) is 5.17. The Morgan fingerprint density at radius 1 is 1.10 bits per heavy atom. The molecule has 0 radical (unpaired) electrons. The van der Waals surface area contributed by atoms with Gasteiger partial charge in [-0.3, -0.25) is 4.79 Å². The van der Waals surface area contributed by atoms with Crippen LogP contribution < -0.4 is 25.3 Å². The number of nitrogens with two attached hydrogens (primary N) is 1. The fourth-order valence-corrected chi connectivity index (χ4v) is 2.79. The fraction of sp³-hybridized carbons (Fsp3) is 0.143. The molecule has 0 spiro atoms. The summed E-state index contributed by atoms with van der Waals surface area (Å²) in [5, 5.41) is 2.89. The molecular formula is C21H18N4O5. The molecule has 1 aromatic heterocycles. The molecule has 30 heavy (non-hydrogen) atoms. The number of anilines is 1. The van der Waals surface area contributed by atoms with E-state index < -0.39 is 11.9 Å². The Morgan fingerprint density at radius 2 is 1.83 bits per heavy atom. The van der Waals surface area contributed by atoms with Crippen LogP contribution in [0.1, 0.15) is 17.4 Å². The first-order valence-corrected chi connectivity index (χ1v) is 9.10. The highest BCUT2D eigenvalue weighted by Crippen LogP contribution is 2.36. The SMILES string of the molecule is CC(C=O)Nc1cc(C(N)=O)nc(-c2ccc(Oc3ccc4c(c3)OCO4)cc2)n1. The molecule has 9 heteroatoms. The summed E-state index contributed by atoms with van der Waals surface area (Å²) < 4.78 is 16.5. The first-order valence-electron chi connectivity index (χ1n) is 9.10. The van der Waals surface area contributed by atoms with E-state index >= 15 is 0 Å². The maximum absolute atomic E-state index is 11.6. The van der Waals surface area contributed by atoms with E-state index in [1.807, 2.05) is 0 Å². The van der Waals surface area contributed by atoms with Crippen molar-refractivity contribution in [1.82, 2.24) is 9.97 Å². The van der Waals surface area contributed by atoms with Crippen LogP contribution in [-0.4, -0.2) is 35.0 Å². The lowest BCUT2D eigenvalue weighted by Gasteiger charge is -2.11. The number of rotatable bonds is 7. The maximum Gasteiger partial charge on any atom is 0.267 e. The standard InChI is InChI=1S/C21H18N4O5/c1-12(10-26)23-19-9-16(20(22)27)24-21(25-19)13-2-4-14(5-3-13)30-15-6-7-17-18(8-15)29-11-28-17/h2-10,12H,11H2,1H3,(H2,22,27)(H,23,24,25). The molecule has 1 amide bonds. The van der Waals surface area contributed by atoms with Crippen LogP contribution >= 0.6 is 0 Å². The van der Waals surface area contributed by atoms with Crippen molar-refractivity contribution >= 4 is 18.0 Å². The van der Waals surface area contributed by atoms with Gasteiger partial charge in [-0.2, -0.15) is 0 Å². The van der Waals surface area contributed by atoms with Crippen molar-refractivity contribution < 1.29 is 23.8 Å². The lowest BCUT2D eigenvalue weighted by Crippen LogP contribution is -2.20. The Hall–Kier alpha value is -4.14. The average Bonchev–Trinajstić information content (AvgIpc) is 3.22. The van der Waals surface area contributed by atoms with E-state index in [9.17, 15) is 9.59 Å². The van der Waals surface area contributed by atoms with Crippen molar-refractivity contribution in [2.45, 2.75) is 13.0 Å². The van der Waals surface area contributed by atoms with Crippen molar-refractivity contribution in [2.75, 3.05) is 12.1 Å². The maximum atomic E-state index is 11.6. The lowest BCUT2D eigenvalue weighted by molar-refractivity contribution is -0.108. The van der Waals surface area contributed by atoms with Crippen molar-refractivity contribution in [3.63, 3.8) is 0 Å². The van der Waals surface area contributed by atoms with Gasteiger partial charge in [-0.1, -0.05) is 0 Å². The van der Waals surface area contributed by atoms with Crippen LogP contribution in [0.4, 0.5) is 5.82 Å². The van der Waals surface area contributed by atoms with Gasteiger partial charge in [0.1, 0.15) is 29.3 Å². The molecule has 1 aliphatic rings. The summed E-state index contributed by atoms with van der Waals surface area (Å²) in [6.45, 7) is 1.86. The molecule has 0 fully saturated rings. The summed E-state index contributed by atoms with van der Waals surface area (Å²) in [5.41, 5.74) is 6.07. The number of carbonyl (C=O) groups excluding carboxylic acids is 2. The third kappa shape index (κ3) is 4.14. The van der Waals surface area contributed by atoms with E-state index in [-0.39, 0.29) is 12.5 Å². The van der Waals surface area contributed by atoms with Crippen molar-refractivity contribution in [3.05, 3.63) is 54.2 Å². The number of nitrogens with zero attached hydrogens (tertiary/aromatic N) is 2. The number of carbonyl (C=O) groups is 2. The molecule has 0 saturated heterocycles. The van der Waals surface area contributed by atoms with Crippen LogP contribution in [0.3, 0.4) is 0 Å². The summed E-state index contributed by atoms with van der Waals surface area (Å²) in [6, 6.07) is 13.3. The van der Waals surface area contributed by atoms with Gasteiger partial charge < -0.3 is 30.1 Å². The summed E-state index contributed by atoms with van der Waals surface area (Å²) in [5.74, 6) is 2.44. The van der Waals surface area contributed by atoms with Gasteiger partial charge >= 0.3 is 0 Å². The number of primary amides is 1. The second-order valence-electron chi connectivity index (χ2n) is 6.54. The zero-order valence-corrected chi connectivity index (χ0v) is 16.0. The molecule has 1 atom stereocenters. The Labute approximate surface area is 171 Å². The number of amides is 1. The quantitative estimate of drug-likeness (QED) is 0.574. The van der Waals surface area contributed by atoms with Gasteiger partial charge in [-0.05, 0) is 43.3 Å². The Morgan fingerprint density at radius 3 is 2.57 bits per heavy atom. The predicted octanol–water partition coefficient (Wildman–Crippen LogP) is 2.76. The molecule has 3 aromatic rings. The second-order valence-corrected chi connectivity index (χ2v) is 6.54. The van der Waals surface area contributed by atoms with E-state index in [0.717, 1.165) is 6.29 Å². The number of ether oxygens (including phenoxy) is 3. The molecule has 1 unspecified atom stereocenters. The Balaban J connectivity index is 1.57. The number of nitrogens with one attached hydrogen (secondary N) is 1. The summed E-state index contributed by atoms with van der Waals surface area (Å²) in [6.07, 6.45) is 0.730. The minimum atomic E-state index is -0.691. The van der Waals surface area contributed by atoms with Crippen LogP contribution in [-0.2, 0) is 4.79 Å². The van der Waals surface area contributed by atoms with E-state index in [0.29, 0.717) is 40.2 Å². The molecule has 2 heterocycles. The predicted molar refractivity (Wildman–Crippen MR) is 108 cm³/mol. The van der Waals surface area contributed by atoms with E-state index in [2.05, 4.69) is 15.3 Å². The number of hydrogen-bond donors (Lipinski definition) is 2. The molecule has 0 aliphatic carbocycles. The van der Waals surface area contributed by atoms with Gasteiger partial charge in [0, 0.05) is 17.7 Å². The van der Waals surface area contributed by atoms with Gasteiger partial charge in [-0.25, -0.2) is 9.97 Å². The highest BCUT2D eigenvalue weighted by molar-refractivity contribution is 5.92. The van der Waals surface area contributed by atoms with E-state index in [4.69, 9.17) is 19.9 Å². The first kappa shape index (κ1) is 19.2. The molecule has 9 nitrogen and oxygen atoms in total. The molecule has 152 valence electrons. The van der Waals surface area contributed by atoms with E-state index in [1.54, 1.807) is 49.4 Å². The normalized spacial score (nSPS) is 12.8. The van der Waals surface area contributed by atoms with Gasteiger partial charge in [-0.15, -0.1) is 0 Å². The third-order valence-electron chi connectivity index (χ3n) is 4.25. The topological polar surface area (TPSA) is 126 Å². The third-order valence-corrected chi connectivity index (χ3v) is 4.25. The van der Waals surface area contributed by atoms with Crippen molar-refractivity contribution in [3.8, 4) is 34.4 Å². The summed E-state index contributed by atoms with van der Waals surface area (Å²) >= 11 is 0. The number of fused-ring (bicyclic) bond motifs is 1. The largest absolute Gasteiger partial charge is 0.457 e. The van der Waals surface area contributed by atoms with Crippen LogP contribution in [0.5, 0.6) is 23.0 Å². The zero-order valence-electron chi connectivity index (χ0n) is 16.0. The lowest BCUT2D eigenvalue weighted by atomic mass is 10.2. The highest BCUT2D eigenvalue weighted by Gasteiger charge is 2.15. The Bertz CT molecular complexity index is 1100. The highest BCUT2D eigenvalue weighted by atomic mass is 16.7. The van der Waals surface area contributed by atoms with Gasteiger partial charge in [0.15, 0.2) is 17.3 Å². The number of aldehydes is 1. The van der Waals surface area contributed by atoms with Gasteiger partial charge in [0.2, 0.25) is 6.79 Å². The summed E-state index contributed by atoms with van der Waals surface area (Å²) in [4.78, 5) is 31.1. The fourth-order valence-electron chi connectivity index (χ4n) is 2.79. The minimum Gasteiger partial charge on any atom is -0.457 e. The molecule has 0 saturated carbocycles.